The van der Waals surface area contributed by atoms with Crippen molar-refractivity contribution in [2.45, 2.75) is 18.4 Å². The summed E-state index contributed by atoms with van der Waals surface area (Å²) in [5, 5.41) is 4.30. The van der Waals surface area contributed by atoms with Crippen molar-refractivity contribution in [2.24, 2.45) is 5.92 Å². The zero-order valence-corrected chi connectivity index (χ0v) is 7.58. The van der Waals surface area contributed by atoms with Crippen molar-refractivity contribution in [1.29, 1.82) is 0 Å². The average Bonchev–Trinajstić information content (AvgIpc) is 2.64. The number of aromatic nitrogens is 2. The molecular formula is C7H7IN2. The molecule has 10 heavy (non-hydrogen) atoms. The molecule has 0 bridgehead atoms. The van der Waals surface area contributed by atoms with Crippen LogP contribution in [-0.4, -0.2) is 9.78 Å². The molecule has 3 rings (SSSR count). The molecule has 0 spiro atoms. The van der Waals surface area contributed by atoms with Gasteiger partial charge in [-0.3, -0.25) is 4.68 Å². The van der Waals surface area contributed by atoms with E-state index in [1.807, 2.05) is 6.20 Å². The predicted molar refractivity (Wildman–Crippen MR) is 45.6 cm³/mol. The molecule has 1 heterocycles. The summed E-state index contributed by atoms with van der Waals surface area (Å²) in [7, 11) is 0. The summed E-state index contributed by atoms with van der Waals surface area (Å²) in [5.74, 6) is 0.989. The second-order valence-corrected chi connectivity index (χ2v) is 4.56. The minimum Gasteiger partial charge on any atom is -0.265 e. The number of halogens is 1. The van der Waals surface area contributed by atoms with Crippen LogP contribution in [0.4, 0.5) is 0 Å². The van der Waals surface area contributed by atoms with E-state index < -0.39 is 0 Å². The van der Waals surface area contributed by atoms with Crippen molar-refractivity contribution in [3.05, 3.63) is 16.0 Å². The maximum absolute atomic E-state index is 4.30. The number of hydrogen-bond acceptors (Lipinski definition) is 1. The van der Waals surface area contributed by atoms with Gasteiger partial charge in [-0.05, 0) is 41.4 Å². The van der Waals surface area contributed by atoms with Crippen LogP contribution in [0.1, 0.15) is 12.8 Å². The highest BCUT2D eigenvalue weighted by Gasteiger charge is 2.72. The van der Waals surface area contributed by atoms with Gasteiger partial charge in [-0.2, -0.15) is 5.10 Å². The summed E-state index contributed by atoms with van der Waals surface area (Å²) in [6, 6.07) is 0. The standard InChI is InChI=1S/C7H7IN2/c8-6-3-9-10(4-6)7-1-5(7)2-7/h3-5H,1-2H2. The summed E-state index contributed by atoms with van der Waals surface area (Å²) in [6.45, 7) is 0. The third kappa shape index (κ3) is 0.527. The van der Waals surface area contributed by atoms with Crippen LogP contribution < -0.4 is 0 Å². The topological polar surface area (TPSA) is 17.8 Å². The quantitative estimate of drug-likeness (QED) is 0.688. The summed E-state index contributed by atoms with van der Waals surface area (Å²) in [6.07, 6.45) is 6.84. The van der Waals surface area contributed by atoms with Crippen molar-refractivity contribution in [1.82, 2.24) is 9.78 Å². The van der Waals surface area contributed by atoms with Crippen molar-refractivity contribution >= 4 is 22.6 Å². The highest BCUT2D eigenvalue weighted by atomic mass is 127. The van der Waals surface area contributed by atoms with E-state index in [9.17, 15) is 0 Å². The Morgan fingerprint density at radius 3 is 2.80 bits per heavy atom. The van der Waals surface area contributed by atoms with E-state index in [0.717, 1.165) is 5.92 Å². The SMILES string of the molecule is Ic1cnn(C23CC2C3)c1. The van der Waals surface area contributed by atoms with E-state index in [2.05, 4.69) is 38.6 Å². The lowest BCUT2D eigenvalue weighted by Crippen LogP contribution is -2.06. The zero-order chi connectivity index (χ0) is 6.77. The molecule has 1 aromatic heterocycles. The molecule has 3 heteroatoms. The highest BCUT2D eigenvalue weighted by Crippen LogP contribution is 2.72. The van der Waals surface area contributed by atoms with Crippen molar-refractivity contribution < 1.29 is 0 Å². The highest BCUT2D eigenvalue weighted by molar-refractivity contribution is 14.1. The van der Waals surface area contributed by atoms with E-state index >= 15 is 0 Å². The molecule has 0 radical (unpaired) electrons. The van der Waals surface area contributed by atoms with Crippen LogP contribution >= 0.6 is 22.6 Å². The molecule has 0 atom stereocenters. The Hall–Kier alpha value is -0.0600. The Bertz CT molecular complexity index is 286. The summed E-state index contributed by atoms with van der Waals surface area (Å²) < 4.78 is 3.41. The van der Waals surface area contributed by atoms with E-state index in [-0.39, 0.29) is 0 Å². The molecular weight excluding hydrogens is 239 g/mol. The first kappa shape index (κ1) is 5.57. The Kier molecular flexibility index (Phi) is 0.790. The van der Waals surface area contributed by atoms with Gasteiger partial charge in [0.25, 0.3) is 0 Å². The van der Waals surface area contributed by atoms with E-state index in [4.69, 9.17) is 0 Å². The van der Waals surface area contributed by atoms with Crippen LogP contribution in [0.3, 0.4) is 0 Å². The molecule has 2 aliphatic carbocycles. The van der Waals surface area contributed by atoms with Gasteiger partial charge in [0, 0.05) is 6.20 Å². The normalized spacial score (nSPS) is 41.1. The number of rotatable bonds is 1. The van der Waals surface area contributed by atoms with Crippen LogP contribution in [0.15, 0.2) is 12.4 Å². The monoisotopic (exact) mass is 246 g/mol. The van der Waals surface area contributed by atoms with Crippen LogP contribution in [0, 0.1) is 9.49 Å². The van der Waals surface area contributed by atoms with Crippen molar-refractivity contribution in [3.8, 4) is 0 Å². The van der Waals surface area contributed by atoms with Gasteiger partial charge in [-0.15, -0.1) is 0 Å². The molecule has 1 aromatic rings. The molecule has 2 saturated carbocycles. The van der Waals surface area contributed by atoms with Crippen molar-refractivity contribution in [3.63, 3.8) is 0 Å². The first-order chi connectivity index (χ1) is 4.81. The van der Waals surface area contributed by atoms with Gasteiger partial charge < -0.3 is 0 Å². The average molecular weight is 246 g/mol. The first-order valence-electron chi connectivity index (χ1n) is 3.52. The minimum atomic E-state index is 0.531. The lowest BCUT2D eigenvalue weighted by atomic mass is 10.4. The number of nitrogens with zero attached hydrogens (tertiary/aromatic N) is 2. The van der Waals surface area contributed by atoms with Gasteiger partial charge in [-0.25, -0.2) is 0 Å². The molecule has 0 N–H and O–H groups in total. The van der Waals surface area contributed by atoms with Gasteiger partial charge >= 0.3 is 0 Å². The lowest BCUT2D eigenvalue weighted by molar-refractivity contribution is 0.530. The third-order valence-electron chi connectivity index (χ3n) is 2.65. The van der Waals surface area contributed by atoms with Crippen LogP contribution in [0.2, 0.25) is 0 Å². The lowest BCUT2D eigenvalue weighted by Gasteiger charge is -2.00. The second-order valence-electron chi connectivity index (χ2n) is 3.31. The van der Waals surface area contributed by atoms with Crippen LogP contribution in [0.5, 0.6) is 0 Å². The van der Waals surface area contributed by atoms with Gasteiger partial charge in [-0.1, -0.05) is 0 Å². The molecule has 2 aliphatic rings. The summed E-state index contributed by atoms with van der Waals surface area (Å²) >= 11 is 2.30. The largest absolute Gasteiger partial charge is 0.265 e. The Morgan fingerprint density at radius 1 is 1.70 bits per heavy atom. The molecule has 0 amide bonds. The van der Waals surface area contributed by atoms with E-state index in [1.54, 1.807) is 0 Å². The summed E-state index contributed by atoms with van der Waals surface area (Å²) in [5.41, 5.74) is 0.531. The molecule has 0 saturated heterocycles. The van der Waals surface area contributed by atoms with Crippen molar-refractivity contribution in [2.75, 3.05) is 0 Å². The molecule has 0 aliphatic heterocycles. The number of fused-ring (bicyclic) bond motifs is 1. The molecule has 0 unspecified atom stereocenters. The third-order valence-corrected chi connectivity index (χ3v) is 3.20. The zero-order valence-electron chi connectivity index (χ0n) is 5.42. The van der Waals surface area contributed by atoms with Gasteiger partial charge in [0.2, 0.25) is 0 Å². The molecule has 2 fully saturated rings. The van der Waals surface area contributed by atoms with Crippen LogP contribution in [0.25, 0.3) is 0 Å². The maximum atomic E-state index is 4.30. The van der Waals surface area contributed by atoms with Gasteiger partial charge in [0.05, 0.1) is 15.3 Å². The van der Waals surface area contributed by atoms with E-state index in [0.29, 0.717) is 5.54 Å². The second kappa shape index (κ2) is 1.42. The van der Waals surface area contributed by atoms with Gasteiger partial charge in [0.15, 0.2) is 0 Å². The smallest absolute Gasteiger partial charge is 0.0664 e. The number of hydrogen-bond donors (Lipinski definition) is 0. The fraction of sp³-hybridized carbons (Fsp3) is 0.571. The minimum absolute atomic E-state index is 0.531. The summed E-state index contributed by atoms with van der Waals surface area (Å²) in [4.78, 5) is 0. The van der Waals surface area contributed by atoms with Crippen LogP contribution in [-0.2, 0) is 5.54 Å². The fourth-order valence-electron chi connectivity index (χ4n) is 1.59. The molecule has 52 valence electrons. The van der Waals surface area contributed by atoms with E-state index in [1.165, 1.54) is 16.4 Å². The molecule has 2 nitrogen and oxygen atoms in total. The Morgan fingerprint density at radius 2 is 2.40 bits per heavy atom. The van der Waals surface area contributed by atoms with Gasteiger partial charge in [0.1, 0.15) is 0 Å². The predicted octanol–water partition coefficient (Wildman–Crippen LogP) is 1.61. The first-order valence-corrected chi connectivity index (χ1v) is 4.60. The maximum Gasteiger partial charge on any atom is 0.0664 e. The fourth-order valence-corrected chi connectivity index (χ4v) is 1.98. The Labute approximate surface area is 72.7 Å². The Balaban J connectivity index is 2.06. The molecule has 0 aromatic carbocycles.